The Morgan fingerprint density at radius 1 is 1.00 bits per heavy atom. The summed E-state index contributed by atoms with van der Waals surface area (Å²) in [6.45, 7) is 6.41. The van der Waals surface area contributed by atoms with Crippen LogP contribution < -0.4 is 5.73 Å². The summed E-state index contributed by atoms with van der Waals surface area (Å²) in [5.74, 6) is 0.959. The topological polar surface area (TPSA) is 72.1 Å². The lowest BCUT2D eigenvalue weighted by molar-refractivity contribution is -0.127. The van der Waals surface area contributed by atoms with Crippen LogP contribution in [-0.4, -0.2) is 33.9 Å². The van der Waals surface area contributed by atoms with Crippen molar-refractivity contribution in [1.29, 1.82) is 0 Å². The largest absolute Gasteiger partial charge is 0.369 e. The molecule has 2 heterocycles. The molecule has 160 valence electrons. The van der Waals surface area contributed by atoms with Crippen LogP contribution in [0.4, 0.5) is 0 Å². The first-order valence-electron chi connectivity index (χ1n) is 10.9. The fourth-order valence-electron chi connectivity index (χ4n) is 4.36. The number of benzene rings is 2. The fraction of sp³-hybridized carbons (Fsp3) is 0.346. The van der Waals surface area contributed by atoms with Gasteiger partial charge in [0.15, 0.2) is 0 Å². The number of rotatable bonds is 7. The van der Waals surface area contributed by atoms with Gasteiger partial charge in [-0.15, -0.1) is 0 Å². The number of amides is 1. The Morgan fingerprint density at radius 2 is 1.65 bits per heavy atom. The van der Waals surface area contributed by atoms with Gasteiger partial charge in [-0.25, -0.2) is 9.97 Å². The molecule has 1 unspecified atom stereocenters. The van der Waals surface area contributed by atoms with E-state index in [-0.39, 0.29) is 5.91 Å². The molecule has 5 heteroatoms. The summed E-state index contributed by atoms with van der Waals surface area (Å²) < 4.78 is 0. The van der Waals surface area contributed by atoms with E-state index in [1.165, 1.54) is 11.1 Å². The van der Waals surface area contributed by atoms with Gasteiger partial charge in [-0.3, -0.25) is 9.69 Å². The van der Waals surface area contributed by atoms with Crippen molar-refractivity contribution < 1.29 is 4.79 Å². The van der Waals surface area contributed by atoms with Crippen molar-refractivity contribution >= 4 is 5.91 Å². The predicted molar refractivity (Wildman–Crippen MR) is 123 cm³/mol. The van der Waals surface area contributed by atoms with E-state index in [4.69, 9.17) is 5.73 Å². The molecule has 31 heavy (non-hydrogen) atoms. The highest BCUT2D eigenvalue weighted by Gasteiger charge is 2.43. The zero-order valence-corrected chi connectivity index (χ0v) is 18.3. The van der Waals surface area contributed by atoms with Crippen LogP contribution in [0.5, 0.6) is 0 Å². The second-order valence-corrected chi connectivity index (χ2v) is 8.95. The lowest BCUT2D eigenvalue weighted by Crippen LogP contribution is -2.41. The van der Waals surface area contributed by atoms with Gasteiger partial charge in [0.2, 0.25) is 5.91 Å². The maximum absolute atomic E-state index is 12.5. The molecular weight excluding hydrogens is 384 g/mol. The van der Waals surface area contributed by atoms with Gasteiger partial charge < -0.3 is 5.73 Å². The molecule has 1 atom stereocenters. The predicted octanol–water partition coefficient (Wildman–Crippen LogP) is 4.19. The number of nitrogens with two attached hydrogens (primary N) is 1. The molecule has 1 aromatic heterocycles. The minimum absolute atomic E-state index is 0.214. The molecule has 1 saturated heterocycles. The molecule has 0 aliphatic carbocycles. The van der Waals surface area contributed by atoms with Crippen LogP contribution in [0.3, 0.4) is 0 Å². The molecule has 3 aromatic rings. The average Bonchev–Trinajstić information content (AvgIpc) is 3.19. The van der Waals surface area contributed by atoms with Gasteiger partial charge in [0, 0.05) is 37.0 Å². The quantitative estimate of drug-likeness (QED) is 0.629. The molecule has 2 N–H and O–H groups in total. The number of hydrogen-bond donors (Lipinski definition) is 1. The van der Waals surface area contributed by atoms with E-state index in [2.05, 4.69) is 65.1 Å². The van der Waals surface area contributed by atoms with Crippen LogP contribution in [0.25, 0.3) is 11.1 Å². The summed E-state index contributed by atoms with van der Waals surface area (Å²) in [4.78, 5) is 23.7. The Labute approximate surface area is 184 Å². The molecule has 0 radical (unpaired) electrons. The Morgan fingerprint density at radius 3 is 2.26 bits per heavy atom. The summed E-state index contributed by atoms with van der Waals surface area (Å²) in [6, 6.07) is 18.8. The van der Waals surface area contributed by atoms with E-state index in [0.29, 0.717) is 18.9 Å². The van der Waals surface area contributed by atoms with Crippen molar-refractivity contribution in [2.75, 3.05) is 13.1 Å². The standard InChI is InChI=1S/C26H30N4O/c1-19(2)24-28-15-21(16-29-24)17-30-13-12-26(18-30,25(27)31)14-20-8-10-23(11-9-20)22-6-4-3-5-7-22/h3-11,15-16,19H,12-14,17-18H2,1-2H3,(H2,27,31). The highest BCUT2D eigenvalue weighted by Crippen LogP contribution is 2.35. The number of hydrogen-bond acceptors (Lipinski definition) is 4. The van der Waals surface area contributed by atoms with Crippen LogP contribution >= 0.6 is 0 Å². The fourth-order valence-corrected chi connectivity index (χ4v) is 4.36. The zero-order chi connectivity index (χ0) is 21.8. The van der Waals surface area contributed by atoms with Gasteiger partial charge in [0.25, 0.3) is 0 Å². The minimum Gasteiger partial charge on any atom is -0.369 e. The Balaban J connectivity index is 1.44. The Hall–Kier alpha value is -3.05. The monoisotopic (exact) mass is 414 g/mol. The number of carbonyl (C=O) groups is 1. The highest BCUT2D eigenvalue weighted by atomic mass is 16.1. The molecule has 2 aromatic carbocycles. The van der Waals surface area contributed by atoms with E-state index >= 15 is 0 Å². The number of carbonyl (C=O) groups excluding carboxylic acids is 1. The first-order chi connectivity index (χ1) is 14.9. The minimum atomic E-state index is -0.535. The van der Waals surface area contributed by atoms with Gasteiger partial charge in [-0.05, 0) is 36.1 Å². The third-order valence-corrected chi connectivity index (χ3v) is 6.21. The normalized spacial score (nSPS) is 19.1. The van der Waals surface area contributed by atoms with Crippen LogP contribution in [0.15, 0.2) is 67.0 Å². The first-order valence-corrected chi connectivity index (χ1v) is 10.9. The Kier molecular flexibility index (Phi) is 6.14. The molecule has 0 bridgehead atoms. The van der Waals surface area contributed by atoms with Crippen LogP contribution in [0.1, 0.15) is 43.1 Å². The third-order valence-electron chi connectivity index (χ3n) is 6.21. The Bertz CT molecular complexity index is 1020. The van der Waals surface area contributed by atoms with E-state index in [9.17, 15) is 4.79 Å². The molecule has 1 aliphatic heterocycles. The van der Waals surface area contributed by atoms with E-state index < -0.39 is 5.41 Å². The van der Waals surface area contributed by atoms with Crippen molar-refractivity contribution in [2.45, 2.75) is 39.2 Å². The van der Waals surface area contributed by atoms with Gasteiger partial charge in [-0.1, -0.05) is 68.4 Å². The van der Waals surface area contributed by atoms with Crippen molar-refractivity contribution in [3.8, 4) is 11.1 Å². The van der Waals surface area contributed by atoms with E-state index in [1.807, 2.05) is 30.6 Å². The van der Waals surface area contributed by atoms with Gasteiger partial charge >= 0.3 is 0 Å². The van der Waals surface area contributed by atoms with Crippen LogP contribution in [0, 0.1) is 5.41 Å². The van der Waals surface area contributed by atoms with Crippen molar-refractivity contribution in [3.63, 3.8) is 0 Å². The van der Waals surface area contributed by atoms with Crippen LogP contribution in [-0.2, 0) is 17.8 Å². The van der Waals surface area contributed by atoms with Gasteiger partial charge in [-0.2, -0.15) is 0 Å². The summed E-state index contributed by atoms with van der Waals surface area (Å²) in [7, 11) is 0. The summed E-state index contributed by atoms with van der Waals surface area (Å²) in [5.41, 5.74) is 9.96. The highest BCUT2D eigenvalue weighted by molar-refractivity contribution is 5.82. The van der Waals surface area contributed by atoms with E-state index in [1.54, 1.807) is 0 Å². The van der Waals surface area contributed by atoms with E-state index in [0.717, 1.165) is 36.5 Å². The molecule has 0 saturated carbocycles. The van der Waals surface area contributed by atoms with Crippen molar-refractivity contribution in [3.05, 3.63) is 83.9 Å². The lowest BCUT2D eigenvalue weighted by atomic mass is 9.80. The number of nitrogens with zero attached hydrogens (tertiary/aromatic N) is 3. The maximum atomic E-state index is 12.5. The van der Waals surface area contributed by atoms with Crippen molar-refractivity contribution in [2.24, 2.45) is 11.1 Å². The zero-order valence-electron chi connectivity index (χ0n) is 18.3. The molecule has 4 rings (SSSR count). The molecule has 1 aliphatic rings. The maximum Gasteiger partial charge on any atom is 0.225 e. The third kappa shape index (κ3) is 4.83. The van der Waals surface area contributed by atoms with Gasteiger partial charge in [0.1, 0.15) is 5.82 Å². The molecule has 1 fully saturated rings. The molecule has 1 amide bonds. The summed E-state index contributed by atoms with van der Waals surface area (Å²) in [6.07, 6.45) is 5.23. The smallest absolute Gasteiger partial charge is 0.225 e. The van der Waals surface area contributed by atoms with Crippen LogP contribution in [0.2, 0.25) is 0 Å². The second kappa shape index (κ2) is 8.98. The van der Waals surface area contributed by atoms with Crippen molar-refractivity contribution in [1.82, 2.24) is 14.9 Å². The lowest BCUT2D eigenvalue weighted by Gasteiger charge is -2.26. The number of likely N-dealkylation sites (tertiary alicyclic amines) is 1. The molecular formula is C26H30N4O. The summed E-state index contributed by atoms with van der Waals surface area (Å²) in [5, 5.41) is 0. The summed E-state index contributed by atoms with van der Waals surface area (Å²) >= 11 is 0. The number of aromatic nitrogens is 2. The SMILES string of the molecule is CC(C)c1ncc(CN2CCC(Cc3ccc(-c4ccccc4)cc3)(C(N)=O)C2)cn1. The van der Waals surface area contributed by atoms with Gasteiger partial charge in [0.05, 0.1) is 5.41 Å². The first kappa shape index (κ1) is 21.2. The second-order valence-electron chi connectivity index (χ2n) is 8.95. The average molecular weight is 415 g/mol. The molecule has 0 spiro atoms. The molecule has 5 nitrogen and oxygen atoms in total. The number of primary amides is 1.